The van der Waals surface area contributed by atoms with Crippen LogP contribution in [-0.2, 0) is 22.6 Å². The Balaban J connectivity index is 1.54. The largest absolute Gasteiger partial charge is 0.486 e. The number of hydrogen-bond donors (Lipinski definition) is 1. The summed E-state index contributed by atoms with van der Waals surface area (Å²) in [5.74, 6) is 0.913. The van der Waals surface area contributed by atoms with Crippen LogP contribution in [0.2, 0.25) is 0 Å². The molecule has 0 spiro atoms. The van der Waals surface area contributed by atoms with Crippen molar-refractivity contribution in [2.75, 3.05) is 26.8 Å². The second kappa shape index (κ2) is 12.1. The Hall–Kier alpha value is -3.65. The number of rotatable bonds is 10. The molecule has 0 bridgehead atoms. The van der Waals surface area contributed by atoms with Gasteiger partial charge in [0.25, 0.3) is 5.91 Å². The maximum Gasteiger partial charge on any atom is 0.287 e. The van der Waals surface area contributed by atoms with Crippen LogP contribution < -0.4 is 10.1 Å². The van der Waals surface area contributed by atoms with Crippen LogP contribution in [0.5, 0.6) is 5.75 Å². The zero-order chi connectivity index (χ0) is 26.4. The lowest BCUT2D eigenvalue weighted by molar-refractivity contribution is -0.134. The van der Waals surface area contributed by atoms with Gasteiger partial charge in [-0.15, -0.1) is 0 Å². The number of carbonyl (C=O) groups is 2. The van der Waals surface area contributed by atoms with Gasteiger partial charge in [0, 0.05) is 26.6 Å². The number of halogens is 1. The van der Waals surface area contributed by atoms with Gasteiger partial charge in [0.05, 0.1) is 12.6 Å². The fourth-order valence-corrected chi connectivity index (χ4v) is 4.54. The molecule has 7 nitrogen and oxygen atoms in total. The minimum Gasteiger partial charge on any atom is -0.486 e. The van der Waals surface area contributed by atoms with E-state index in [0.717, 1.165) is 16.7 Å². The van der Waals surface area contributed by atoms with E-state index in [4.69, 9.17) is 13.9 Å². The van der Waals surface area contributed by atoms with E-state index >= 15 is 0 Å². The molecule has 0 fully saturated rings. The number of fused-ring (bicyclic) bond motifs is 1. The van der Waals surface area contributed by atoms with E-state index in [-0.39, 0.29) is 35.9 Å². The van der Waals surface area contributed by atoms with Crippen molar-refractivity contribution < 1.29 is 27.9 Å². The van der Waals surface area contributed by atoms with E-state index in [9.17, 15) is 14.0 Å². The van der Waals surface area contributed by atoms with E-state index in [2.05, 4.69) is 5.32 Å². The van der Waals surface area contributed by atoms with E-state index in [0.29, 0.717) is 44.0 Å². The molecule has 1 unspecified atom stereocenters. The van der Waals surface area contributed by atoms with Crippen LogP contribution in [-0.4, -0.2) is 43.5 Å². The van der Waals surface area contributed by atoms with Crippen molar-refractivity contribution in [3.05, 3.63) is 88.6 Å². The Morgan fingerprint density at radius 2 is 2.00 bits per heavy atom. The maximum absolute atomic E-state index is 14.2. The fraction of sp³-hybridized carbons (Fsp3) is 0.379. The van der Waals surface area contributed by atoms with E-state index in [1.54, 1.807) is 25.3 Å². The van der Waals surface area contributed by atoms with Gasteiger partial charge >= 0.3 is 0 Å². The number of benzene rings is 2. The molecule has 1 aliphatic rings. The fourth-order valence-electron chi connectivity index (χ4n) is 4.54. The number of hydrogen-bond acceptors (Lipinski definition) is 5. The zero-order valence-electron chi connectivity index (χ0n) is 21.5. The summed E-state index contributed by atoms with van der Waals surface area (Å²) in [5, 5.41) is 2.71. The van der Waals surface area contributed by atoms with Crippen molar-refractivity contribution in [1.29, 1.82) is 0 Å². The van der Waals surface area contributed by atoms with Gasteiger partial charge < -0.3 is 24.1 Å². The number of furan rings is 1. The topological polar surface area (TPSA) is 81.0 Å². The number of ether oxygens (including phenoxy) is 2. The molecule has 0 saturated carbocycles. The Kier molecular flexibility index (Phi) is 8.61. The highest BCUT2D eigenvalue weighted by Gasteiger charge is 2.32. The highest BCUT2D eigenvalue weighted by Crippen LogP contribution is 2.38. The lowest BCUT2D eigenvalue weighted by Crippen LogP contribution is -2.41. The summed E-state index contributed by atoms with van der Waals surface area (Å²) in [6.45, 7) is 5.54. The highest BCUT2D eigenvalue weighted by molar-refractivity contribution is 5.91. The second-order valence-electron chi connectivity index (χ2n) is 9.56. The molecule has 0 saturated heterocycles. The van der Waals surface area contributed by atoms with Gasteiger partial charge in [-0.25, -0.2) is 4.39 Å². The molecule has 0 radical (unpaired) electrons. The van der Waals surface area contributed by atoms with Gasteiger partial charge in [-0.2, -0.15) is 0 Å². The van der Waals surface area contributed by atoms with Crippen molar-refractivity contribution in [3.8, 4) is 5.75 Å². The van der Waals surface area contributed by atoms with Gasteiger partial charge in [0.15, 0.2) is 5.76 Å². The second-order valence-corrected chi connectivity index (χ2v) is 9.56. The van der Waals surface area contributed by atoms with Gasteiger partial charge in [0.1, 0.15) is 23.9 Å². The molecular weight excluding hydrogens is 475 g/mol. The monoisotopic (exact) mass is 508 g/mol. The normalized spacial score (nSPS) is 14.9. The van der Waals surface area contributed by atoms with E-state index in [1.807, 2.05) is 43.0 Å². The Morgan fingerprint density at radius 1 is 1.16 bits per heavy atom. The van der Waals surface area contributed by atoms with Crippen molar-refractivity contribution >= 4 is 11.8 Å². The van der Waals surface area contributed by atoms with Crippen LogP contribution in [0.15, 0.2) is 59.0 Å². The summed E-state index contributed by atoms with van der Waals surface area (Å²) in [4.78, 5) is 27.2. The number of amides is 2. The molecule has 1 aromatic heterocycles. The Labute approximate surface area is 216 Å². The van der Waals surface area contributed by atoms with Crippen LogP contribution in [0.3, 0.4) is 0 Å². The summed E-state index contributed by atoms with van der Waals surface area (Å²) >= 11 is 0. The quantitative estimate of drug-likeness (QED) is 0.394. The van der Waals surface area contributed by atoms with Gasteiger partial charge in [-0.1, -0.05) is 32.0 Å². The van der Waals surface area contributed by atoms with Gasteiger partial charge in [-0.05, 0) is 65.4 Å². The lowest BCUT2D eigenvalue weighted by atomic mass is 9.87. The van der Waals surface area contributed by atoms with Crippen LogP contribution in [0.1, 0.15) is 59.3 Å². The Bertz CT molecular complexity index is 1240. The summed E-state index contributed by atoms with van der Waals surface area (Å²) in [6.07, 6.45) is 1.14. The number of methoxy groups -OCH3 is 1. The molecule has 4 rings (SSSR count). The minimum atomic E-state index is -0.403. The number of carbonyl (C=O) groups excluding carboxylic acids is 2. The molecule has 1 atom stereocenters. The predicted octanol–water partition coefficient (Wildman–Crippen LogP) is 4.89. The summed E-state index contributed by atoms with van der Waals surface area (Å²) in [6, 6.07) is 15.1. The SMILES string of the molecule is COCCNC(=O)c1ccc(COc2ccc3c(c2)C(c2cccc(F)c2)N(C(=O)CC(C)C)CC3)o1. The first-order chi connectivity index (χ1) is 17.9. The maximum atomic E-state index is 14.2. The average Bonchev–Trinajstić information content (AvgIpc) is 3.35. The third kappa shape index (κ3) is 6.57. The molecule has 3 aromatic rings. The van der Waals surface area contributed by atoms with E-state index in [1.165, 1.54) is 12.1 Å². The van der Waals surface area contributed by atoms with Crippen molar-refractivity contribution in [3.63, 3.8) is 0 Å². The third-order valence-electron chi connectivity index (χ3n) is 6.27. The molecule has 2 aromatic carbocycles. The van der Waals surface area contributed by atoms with Crippen LogP contribution in [0.4, 0.5) is 4.39 Å². The average molecular weight is 509 g/mol. The third-order valence-corrected chi connectivity index (χ3v) is 6.27. The van der Waals surface area contributed by atoms with Crippen LogP contribution in [0, 0.1) is 11.7 Å². The van der Waals surface area contributed by atoms with Crippen molar-refractivity contribution in [2.24, 2.45) is 5.92 Å². The molecule has 196 valence electrons. The first-order valence-electron chi connectivity index (χ1n) is 12.5. The van der Waals surface area contributed by atoms with E-state index < -0.39 is 6.04 Å². The summed E-state index contributed by atoms with van der Waals surface area (Å²) < 4.78 is 30.8. The number of nitrogens with one attached hydrogen (secondary N) is 1. The van der Waals surface area contributed by atoms with Crippen molar-refractivity contribution in [2.45, 2.75) is 39.3 Å². The highest BCUT2D eigenvalue weighted by atomic mass is 19.1. The number of nitrogens with zero attached hydrogens (tertiary/aromatic N) is 1. The molecule has 1 aliphatic heterocycles. The van der Waals surface area contributed by atoms with Crippen molar-refractivity contribution in [1.82, 2.24) is 10.2 Å². The first-order valence-corrected chi connectivity index (χ1v) is 12.5. The molecule has 2 amide bonds. The molecule has 8 heteroatoms. The summed E-state index contributed by atoms with van der Waals surface area (Å²) in [5.41, 5.74) is 2.75. The smallest absolute Gasteiger partial charge is 0.287 e. The van der Waals surface area contributed by atoms with Gasteiger partial charge in [-0.3, -0.25) is 9.59 Å². The molecule has 1 N–H and O–H groups in total. The minimum absolute atomic E-state index is 0.0492. The lowest BCUT2D eigenvalue weighted by Gasteiger charge is -2.38. The predicted molar refractivity (Wildman–Crippen MR) is 137 cm³/mol. The van der Waals surface area contributed by atoms with Crippen LogP contribution >= 0.6 is 0 Å². The molecule has 37 heavy (non-hydrogen) atoms. The van der Waals surface area contributed by atoms with Crippen LogP contribution in [0.25, 0.3) is 0 Å². The molecule has 0 aliphatic carbocycles. The summed E-state index contributed by atoms with van der Waals surface area (Å²) in [7, 11) is 1.57. The zero-order valence-corrected chi connectivity index (χ0v) is 21.5. The first kappa shape index (κ1) is 26.4. The standard InChI is InChI=1S/C29H33FN2O5/c1-19(2)15-27(33)32-13-11-20-7-8-23(17-25(20)28(32)21-5-4-6-22(30)16-21)36-18-24-9-10-26(37-24)29(34)31-12-14-35-3/h4-10,16-17,19,28H,11-15,18H2,1-3H3,(H,31,34). The molecular formula is C29H33FN2O5. The van der Waals surface area contributed by atoms with Gasteiger partial charge in [0.2, 0.25) is 5.91 Å². The molecule has 2 heterocycles. The Morgan fingerprint density at radius 3 is 2.76 bits per heavy atom.